The predicted molar refractivity (Wildman–Crippen MR) is 92.1 cm³/mol. The highest BCUT2D eigenvalue weighted by Crippen LogP contribution is 2.36. The van der Waals surface area contributed by atoms with Crippen LogP contribution in [-0.4, -0.2) is 41.2 Å². The molecule has 3 aromatic rings. The molecule has 0 atom stereocenters. The summed E-state index contributed by atoms with van der Waals surface area (Å²) in [5.74, 6) is -0.262. The quantitative estimate of drug-likeness (QED) is 0.618. The zero-order valence-corrected chi connectivity index (χ0v) is 13.5. The normalized spacial score (nSPS) is 10.6. The van der Waals surface area contributed by atoms with Gasteiger partial charge in [0.05, 0.1) is 23.4 Å². The van der Waals surface area contributed by atoms with Crippen LogP contribution in [0.4, 0.5) is 0 Å². The minimum Gasteiger partial charge on any atom is -0.494 e. The van der Waals surface area contributed by atoms with Gasteiger partial charge in [-0.1, -0.05) is 0 Å². The van der Waals surface area contributed by atoms with Gasteiger partial charge in [0.1, 0.15) is 6.07 Å². The fourth-order valence-corrected chi connectivity index (χ4v) is 2.55. The van der Waals surface area contributed by atoms with Crippen molar-refractivity contribution in [3.63, 3.8) is 0 Å². The topological polar surface area (TPSA) is 111 Å². The third-order valence-corrected chi connectivity index (χ3v) is 3.78. The molecule has 0 unspecified atom stereocenters. The molecule has 0 saturated carbocycles. The van der Waals surface area contributed by atoms with Gasteiger partial charge in [-0.3, -0.25) is 9.78 Å². The number of aromatic amines is 1. The molecule has 1 aromatic carbocycles. The van der Waals surface area contributed by atoms with Crippen molar-refractivity contribution in [2.24, 2.45) is 0 Å². The molecule has 0 spiro atoms. The van der Waals surface area contributed by atoms with Crippen LogP contribution in [0.15, 0.2) is 36.5 Å². The van der Waals surface area contributed by atoms with Crippen molar-refractivity contribution in [1.29, 1.82) is 5.26 Å². The van der Waals surface area contributed by atoms with E-state index in [9.17, 15) is 9.90 Å². The maximum absolute atomic E-state index is 12.2. The first kappa shape index (κ1) is 16.5. The van der Waals surface area contributed by atoms with Crippen LogP contribution in [0.5, 0.6) is 5.88 Å². The van der Waals surface area contributed by atoms with Gasteiger partial charge in [0.25, 0.3) is 5.91 Å². The SMILES string of the molecule is COCCNC(=O)c1ccc2[nH]c(O)c(-c3ccc(C#N)cn3)c2c1. The van der Waals surface area contributed by atoms with Crippen molar-refractivity contribution < 1.29 is 14.6 Å². The highest BCUT2D eigenvalue weighted by molar-refractivity contribution is 6.03. The van der Waals surface area contributed by atoms with E-state index in [0.717, 1.165) is 0 Å². The van der Waals surface area contributed by atoms with E-state index in [2.05, 4.69) is 15.3 Å². The minimum atomic E-state index is -0.224. The number of rotatable bonds is 5. The second kappa shape index (κ2) is 7.03. The molecule has 2 aromatic heterocycles. The first-order valence-electron chi connectivity index (χ1n) is 7.62. The number of H-pyrrole nitrogens is 1. The molecule has 2 heterocycles. The fourth-order valence-electron chi connectivity index (χ4n) is 2.55. The van der Waals surface area contributed by atoms with E-state index in [-0.39, 0.29) is 11.8 Å². The highest BCUT2D eigenvalue weighted by Gasteiger charge is 2.16. The molecule has 3 rings (SSSR count). The summed E-state index contributed by atoms with van der Waals surface area (Å²) in [5.41, 5.74) is 2.59. The molecule has 0 radical (unpaired) electrons. The summed E-state index contributed by atoms with van der Waals surface area (Å²) in [4.78, 5) is 19.3. The number of nitrogens with zero attached hydrogens (tertiary/aromatic N) is 2. The molecule has 7 heteroatoms. The van der Waals surface area contributed by atoms with Crippen molar-refractivity contribution in [2.75, 3.05) is 20.3 Å². The lowest BCUT2D eigenvalue weighted by molar-refractivity contribution is 0.0937. The number of carbonyl (C=O) groups is 1. The number of nitriles is 1. The molecule has 1 amide bonds. The molecule has 0 aliphatic rings. The number of benzene rings is 1. The molecule has 0 aliphatic heterocycles. The second-order valence-corrected chi connectivity index (χ2v) is 5.40. The summed E-state index contributed by atoms with van der Waals surface area (Å²) in [6, 6.07) is 10.4. The van der Waals surface area contributed by atoms with Crippen molar-refractivity contribution in [2.45, 2.75) is 0 Å². The molecule has 25 heavy (non-hydrogen) atoms. The Balaban J connectivity index is 2.00. The molecule has 0 fully saturated rings. The lowest BCUT2D eigenvalue weighted by Gasteiger charge is -2.05. The third kappa shape index (κ3) is 3.29. The van der Waals surface area contributed by atoms with Crippen LogP contribution in [0.1, 0.15) is 15.9 Å². The van der Waals surface area contributed by atoms with Crippen LogP contribution in [0.2, 0.25) is 0 Å². The van der Waals surface area contributed by atoms with Gasteiger partial charge in [0.15, 0.2) is 5.88 Å². The Morgan fingerprint density at radius 2 is 2.24 bits per heavy atom. The second-order valence-electron chi connectivity index (χ2n) is 5.40. The summed E-state index contributed by atoms with van der Waals surface area (Å²) < 4.78 is 4.91. The van der Waals surface area contributed by atoms with Crippen LogP contribution in [0.3, 0.4) is 0 Å². The van der Waals surface area contributed by atoms with Gasteiger partial charge in [-0.25, -0.2) is 0 Å². The third-order valence-electron chi connectivity index (χ3n) is 3.78. The fraction of sp³-hybridized carbons (Fsp3) is 0.167. The van der Waals surface area contributed by atoms with Crippen LogP contribution >= 0.6 is 0 Å². The van der Waals surface area contributed by atoms with E-state index in [0.29, 0.717) is 46.4 Å². The van der Waals surface area contributed by atoms with Crippen LogP contribution in [0, 0.1) is 11.3 Å². The highest BCUT2D eigenvalue weighted by atomic mass is 16.5. The average molecular weight is 336 g/mol. The number of ether oxygens (including phenoxy) is 1. The zero-order chi connectivity index (χ0) is 17.8. The first-order chi connectivity index (χ1) is 12.1. The summed E-state index contributed by atoms with van der Waals surface area (Å²) in [7, 11) is 1.57. The minimum absolute atomic E-state index is 0.0378. The predicted octanol–water partition coefficient (Wildman–Crippen LogP) is 2.18. The smallest absolute Gasteiger partial charge is 0.251 e. The van der Waals surface area contributed by atoms with E-state index in [1.54, 1.807) is 37.4 Å². The average Bonchev–Trinajstić information content (AvgIpc) is 2.96. The first-order valence-corrected chi connectivity index (χ1v) is 7.62. The Labute approximate surface area is 143 Å². The molecule has 0 bridgehead atoms. The van der Waals surface area contributed by atoms with Gasteiger partial charge in [-0.2, -0.15) is 5.26 Å². The van der Waals surface area contributed by atoms with Crippen LogP contribution in [0.25, 0.3) is 22.2 Å². The van der Waals surface area contributed by atoms with Crippen LogP contribution < -0.4 is 5.32 Å². The number of hydrogen-bond acceptors (Lipinski definition) is 5. The summed E-state index contributed by atoms with van der Waals surface area (Å²) >= 11 is 0. The van der Waals surface area contributed by atoms with Gasteiger partial charge in [-0.15, -0.1) is 0 Å². The van der Waals surface area contributed by atoms with Gasteiger partial charge in [0, 0.05) is 36.3 Å². The lowest BCUT2D eigenvalue weighted by Crippen LogP contribution is -2.26. The van der Waals surface area contributed by atoms with E-state index >= 15 is 0 Å². The Morgan fingerprint density at radius 1 is 1.40 bits per heavy atom. The lowest BCUT2D eigenvalue weighted by atomic mass is 10.1. The molecule has 7 nitrogen and oxygen atoms in total. The molecular weight excluding hydrogens is 320 g/mol. The molecule has 3 N–H and O–H groups in total. The maximum Gasteiger partial charge on any atom is 0.251 e. The molecule has 126 valence electrons. The van der Waals surface area contributed by atoms with Gasteiger partial charge >= 0.3 is 0 Å². The molecular formula is C18H16N4O3. The van der Waals surface area contributed by atoms with E-state index in [1.165, 1.54) is 6.20 Å². The Hall–Kier alpha value is -3.37. The summed E-state index contributed by atoms with van der Waals surface area (Å²) in [6.45, 7) is 0.842. The summed E-state index contributed by atoms with van der Waals surface area (Å²) in [6.07, 6.45) is 1.44. The van der Waals surface area contributed by atoms with E-state index in [4.69, 9.17) is 10.00 Å². The zero-order valence-electron chi connectivity index (χ0n) is 13.5. The van der Waals surface area contributed by atoms with Gasteiger partial charge in [-0.05, 0) is 30.3 Å². The number of aromatic nitrogens is 2. The number of pyridine rings is 1. The van der Waals surface area contributed by atoms with Crippen LogP contribution in [-0.2, 0) is 4.74 Å². The monoisotopic (exact) mass is 336 g/mol. The van der Waals surface area contributed by atoms with Gasteiger partial charge in [0.2, 0.25) is 0 Å². The summed E-state index contributed by atoms with van der Waals surface area (Å²) in [5, 5.41) is 22.5. The maximum atomic E-state index is 12.2. The number of amides is 1. The van der Waals surface area contributed by atoms with E-state index in [1.807, 2.05) is 6.07 Å². The number of methoxy groups -OCH3 is 1. The number of carbonyl (C=O) groups excluding carboxylic acids is 1. The number of nitrogens with one attached hydrogen (secondary N) is 2. The largest absolute Gasteiger partial charge is 0.494 e. The van der Waals surface area contributed by atoms with Crippen molar-refractivity contribution in [1.82, 2.24) is 15.3 Å². The van der Waals surface area contributed by atoms with Gasteiger partial charge < -0.3 is 20.1 Å². The number of hydrogen-bond donors (Lipinski definition) is 3. The number of fused-ring (bicyclic) bond motifs is 1. The van der Waals surface area contributed by atoms with Crippen molar-refractivity contribution in [3.8, 4) is 23.2 Å². The Bertz CT molecular complexity index is 955. The molecule has 0 aliphatic carbocycles. The Morgan fingerprint density at radius 3 is 2.92 bits per heavy atom. The van der Waals surface area contributed by atoms with Crippen molar-refractivity contribution >= 4 is 16.8 Å². The Kier molecular flexibility index (Phi) is 4.64. The number of aromatic hydroxyl groups is 1. The van der Waals surface area contributed by atoms with E-state index < -0.39 is 0 Å². The standard InChI is InChI=1S/C18H16N4O3/c1-25-7-6-20-17(23)12-3-5-14-13(8-12)16(18(24)22-14)15-4-2-11(9-19)10-21-15/h2-5,8,10,22,24H,6-7H2,1H3,(H,20,23). The molecule has 0 saturated heterocycles. The van der Waals surface area contributed by atoms with Crippen molar-refractivity contribution in [3.05, 3.63) is 47.7 Å².